The maximum Gasteiger partial charge on any atom is 0.340 e. The predicted octanol–water partition coefficient (Wildman–Crippen LogP) is 3.75. The molecule has 170 valence electrons. The van der Waals surface area contributed by atoms with Crippen LogP contribution in [0.5, 0.6) is 5.75 Å². The molecule has 3 rings (SSSR count). The van der Waals surface area contributed by atoms with Crippen molar-refractivity contribution in [1.29, 1.82) is 0 Å². The van der Waals surface area contributed by atoms with Crippen LogP contribution in [0.1, 0.15) is 57.4 Å². The van der Waals surface area contributed by atoms with Crippen LogP contribution in [0.3, 0.4) is 0 Å². The molecular weight excluding hydrogens is 394 g/mol. The highest BCUT2D eigenvalue weighted by Gasteiger charge is 2.52. The molecule has 0 spiro atoms. The highest BCUT2D eigenvalue weighted by Crippen LogP contribution is 2.39. The van der Waals surface area contributed by atoms with E-state index in [1.54, 1.807) is 0 Å². The molecule has 2 N–H and O–H groups in total. The number of carbonyl (C=O) groups is 2. The van der Waals surface area contributed by atoms with Crippen molar-refractivity contribution in [2.45, 2.75) is 69.9 Å². The Bertz CT molecular complexity index is 769. The number of hydrogen-bond donors (Lipinski definition) is 1. The molecule has 1 aromatic rings. The lowest BCUT2D eigenvalue weighted by Gasteiger charge is -2.11. The zero-order valence-electron chi connectivity index (χ0n) is 18.6. The van der Waals surface area contributed by atoms with Crippen LogP contribution in [-0.4, -0.2) is 43.2 Å². The van der Waals surface area contributed by atoms with E-state index >= 15 is 0 Å². The Balaban J connectivity index is 1.25. The van der Waals surface area contributed by atoms with Crippen molar-refractivity contribution in [3.8, 4) is 5.75 Å². The van der Waals surface area contributed by atoms with E-state index in [1.165, 1.54) is 5.57 Å². The summed E-state index contributed by atoms with van der Waals surface area (Å²) >= 11 is 0. The number of epoxide rings is 1. The van der Waals surface area contributed by atoms with Crippen LogP contribution in [0.4, 0.5) is 0 Å². The summed E-state index contributed by atoms with van der Waals surface area (Å²) in [6.07, 6.45) is 6.78. The molecule has 6 nitrogen and oxygen atoms in total. The summed E-state index contributed by atoms with van der Waals surface area (Å²) in [5, 5.41) is 0. The Hall–Kier alpha value is -2.18. The topological polar surface area (TPSA) is 91.2 Å². The molecule has 1 aliphatic carbocycles. The zero-order chi connectivity index (χ0) is 22.3. The fourth-order valence-electron chi connectivity index (χ4n) is 3.75. The third kappa shape index (κ3) is 7.18. The van der Waals surface area contributed by atoms with Gasteiger partial charge in [0, 0.05) is 6.42 Å². The van der Waals surface area contributed by atoms with Gasteiger partial charge in [-0.05, 0) is 62.6 Å². The largest absolute Gasteiger partial charge is 0.494 e. The molecule has 2 fully saturated rings. The number of allylic oxidation sites excluding steroid dienone is 1. The van der Waals surface area contributed by atoms with Crippen molar-refractivity contribution in [3.63, 3.8) is 0 Å². The Morgan fingerprint density at radius 1 is 1.23 bits per heavy atom. The van der Waals surface area contributed by atoms with E-state index in [9.17, 15) is 9.59 Å². The molecule has 0 amide bonds. The third-order valence-electron chi connectivity index (χ3n) is 6.06. The van der Waals surface area contributed by atoms with E-state index in [1.807, 2.05) is 31.2 Å². The lowest BCUT2D eigenvalue weighted by molar-refractivity contribution is -0.149. The molecular formula is C25H35NO5. The van der Waals surface area contributed by atoms with Gasteiger partial charge in [-0.15, -0.1) is 0 Å². The smallest absolute Gasteiger partial charge is 0.340 e. The summed E-state index contributed by atoms with van der Waals surface area (Å²) in [6.45, 7) is 7.25. The second-order valence-corrected chi connectivity index (χ2v) is 8.70. The first-order chi connectivity index (χ1) is 14.9. The summed E-state index contributed by atoms with van der Waals surface area (Å²) in [6, 6.07) is 7.27. The maximum absolute atomic E-state index is 12.3. The van der Waals surface area contributed by atoms with Crippen molar-refractivity contribution in [1.82, 2.24) is 0 Å². The number of ketones is 1. The number of nitrogens with two attached hydrogens (primary N) is 1. The van der Waals surface area contributed by atoms with Crippen LogP contribution < -0.4 is 10.5 Å². The lowest BCUT2D eigenvalue weighted by atomic mass is 10.00. The number of Topliss-reactive ketones (excluding diaryl/α,β-unsaturated/α-hetero) is 1. The molecule has 3 unspecified atom stereocenters. The Morgan fingerprint density at radius 2 is 1.90 bits per heavy atom. The number of carbonyl (C=O) groups excluding carboxylic acids is 2. The van der Waals surface area contributed by atoms with Crippen LogP contribution in [0.15, 0.2) is 36.4 Å². The molecule has 31 heavy (non-hydrogen) atoms. The molecule has 0 bridgehead atoms. The highest BCUT2D eigenvalue weighted by molar-refractivity contribution is 5.86. The van der Waals surface area contributed by atoms with Crippen LogP contribution in [0.2, 0.25) is 0 Å². The van der Waals surface area contributed by atoms with Crippen molar-refractivity contribution >= 4 is 11.8 Å². The van der Waals surface area contributed by atoms with Gasteiger partial charge in [0.15, 0.2) is 11.4 Å². The molecule has 1 aromatic carbocycles. The van der Waals surface area contributed by atoms with Gasteiger partial charge in [-0.1, -0.05) is 37.1 Å². The normalized spacial score (nSPS) is 22.6. The molecule has 2 aliphatic rings. The van der Waals surface area contributed by atoms with Gasteiger partial charge >= 0.3 is 5.97 Å². The number of benzene rings is 1. The molecule has 1 heterocycles. The molecule has 1 aliphatic heterocycles. The van der Waals surface area contributed by atoms with Crippen molar-refractivity contribution in [2.75, 3.05) is 19.8 Å². The first-order valence-corrected chi connectivity index (χ1v) is 11.4. The Kier molecular flexibility index (Phi) is 8.27. The van der Waals surface area contributed by atoms with Crippen LogP contribution in [-0.2, 0) is 25.5 Å². The summed E-state index contributed by atoms with van der Waals surface area (Å²) in [5.41, 5.74) is 7.53. The Morgan fingerprint density at radius 3 is 2.52 bits per heavy atom. The molecule has 1 saturated heterocycles. The SMILES string of the molecule is C=C1CC1CC(N)C(=O)Cc1ccc(OCCCCCCC2(C(=O)OCC)CO2)cc1. The third-order valence-corrected chi connectivity index (χ3v) is 6.06. The number of unbranched alkanes of at least 4 members (excludes halogenated alkanes) is 3. The van der Waals surface area contributed by atoms with Crippen LogP contribution >= 0.6 is 0 Å². The Labute approximate surface area is 185 Å². The first-order valence-electron chi connectivity index (χ1n) is 11.4. The van der Waals surface area contributed by atoms with Gasteiger partial charge in [0.25, 0.3) is 0 Å². The molecule has 0 radical (unpaired) electrons. The van der Waals surface area contributed by atoms with Crippen LogP contribution in [0.25, 0.3) is 0 Å². The van der Waals surface area contributed by atoms with E-state index < -0.39 is 11.6 Å². The van der Waals surface area contributed by atoms with E-state index in [-0.39, 0.29) is 11.8 Å². The summed E-state index contributed by atoms with van der Waals surface area (Å²) in [7, 11) is 0. The van der Waals surface area contributed by atoms with Crippen molar-refractivity contribution in [2.24, 2.45) is 11.7 Å². The van der Waals surface area contributed by atoms with Gasteiger partial charge in [-0.2, -0.15) is 0 Å². The monoisotopic (exact) mass is 429 g/mol. The predicted molar refractivity (Wildman–Crippen MR) is 119 cm³/mol. The molecule has 6 heteroatoms. The number of esters is 1. The van der Waals surface area contributed by atoms with Crippen molar-refractivity contribution < 1.29 is 23.8 Å². The minimum absolute atomic E-state index is 0.0784. The van der Waals surface area contributed by atoms with Gasteiger partial charge in [0.1, 0.15) is 5.75 Å². The van der Waals surface area contributed by atoms with E-state index in [0.29, 0.717) is 32.2 Å². The zero-order valence-corrected chi connectivity index (χ0v) is 18.6. The summed E-state index contributed by atoms with van der Waals surface area (Å²) < 4.78 is 16.2. The van der Waals surface area contributed by atoms with E-state index in [0.717, 1.165) is 56.3 Å². The van der Waals surface area contributed by atoms with Gasteiger partial charge in [-0.3, -0.25) is 4.79 Å². The minimum Gasteiger partial charge on any atom is -0.494 e. The first kappa shape index (κ1) is 23.5. The van der Waals surface area contributed by atoms with Gasteiger partial charge in [-0.25, -0.2) is 4.79 Å². The van der Waals surface area contributed by atoms with E-state index in [4.69, 9.17) is 19.9 Å². The minimum atomic E-state index is -0.661. The van der Waals surface area contributed by atoms with E-state index in [2.05, 4.69) is 6.58 Å². The fourth-order valence-corrected chi connectivity index (χ4v) is 3.75. The molecule has 1 saturated carbocycles. The molecule has 3 atom stereocenters. The van der Waals surface area contributed by atoms with Gasteiger partial charge in [0.2, 0.25) is 0 Å². The van der Waals surface area contributed by atoms with Gasteiger partial charge < -0.3 is 19.9 Å². The fraction of sp³-hybridized carbons (Fsp3) is 0.600. The second kappa shape index (κ2) is 10.9. The maximum atomic E-state index is 12.3. The summed E-state index contributed by atoms with van der Waals surface area (Å²) in [4.78, 5) is 24.1. The number of hydrogen-bond acceptors (Lipinski definition) is 6. The second-order valence-electron chi connectivity index (χ2n) is 8.70. The quantitative estimate of drug-likeness (QED) is 0.198. The van der Waals surface area contributed by atoms with Crippen LogP contribution in [0, 0.1) is 5.92 Å². The number of rotatable bonds is 15. The highest BCUT2D eigenvalue weighted by atomic mass is 16.6. The molecule has 0 aromatic heterocycles. The van der Waals surface area contributed by atoms with Crippen molar-refractivity contribution in [3.05, 3.63) is 42.0 Å². The lowest BCUT2D eigenvalue weighted by Crippen LogP contribution is -2.32. The number of ether oxygens (including phenoxy) is 3. The van der Waals surface area contributed by atoms with Gasteiger partial charge in [0.05, 0.1) is 25.9 Å². The standard InChI is InChI=1S/C25H35NO5/c1-3-29-24(28)25(17-31-25)12-6-4-5-7-13-30-21-10-8-19(9-11-21)15-23(27)22(26)16-20-14-18(20)2/h8-11,20,22H,2-7,12-17,26H2,1H3. The summed E-state index contributed by atoms with van der Waals surface area (Å²) in [5.74, 6) is 1.10. The average Bonchev–Trinajstić information content (AvgIpc) is 3.67. The average molecular weight is 430 g/mol.